The van der Waals surface area contributed by atoms with Crippen LogP contribution in [-0.4, -0.2) is 32.0 Å². The third-order valence-corrected chi connectivity index (χ3v) is 4.04. The summed E-state index contributed by atoms with van der Waals surface area (Å²) in [6.07, 6.45) is 9.90. The highest BCUT2D eigenvalue weighted by atomic mass is 16.5. The topological polar surface area (TPSA) is 81.9 Å². The Morgan fingerprint density at radius 1 is 1.35 bits per heavy atom. The van der Waals surface area contributed by atoms with Crippen molar-refractivity contribution in [3.63, 3.8) is 0 Å². The van der Waals surface area contributed by atoms with Crippen LogP contribution in [0.2, 0.25) is 0 Å². The highest BCUT2D eigenvalue weighted by Crippen LogP contribution is 2.32. The quantitative estimate of drug-likeness (QED) is 0.926. The van der Waals surface area contributed by atoms with Gasteiger partial charge in [-0.15, -0.1) is 0 Å². The fourth-order valence-corrected chi connectivity index (χ4v) is 2.63. The number of carbonyl (C=O) groups excluding carboxylic acids is 1. The molecule has 1 atom stereocenters. The first-order valence-electron chi connectivity index (χ1n) is 7.78. The van der Waals surface area contributed by atoms with E-state index < -0.39 is 5.60 Å². The lowest BCUT2D eigenvalue weighted by Gasteiger charge is -2.32. The number of aryl methyl sites for hydroxylation is 1. The van der Waals surface area contributed by atoms with E-state index in [1.807, 2.05) is 14.0 Å². The largest absolute Gasteiger partial charge is 0.367 e. The minimum Gasteiger partial charge on any atom is -0.367 e. The van der Waals surface area contributed by atoms with Crippen molar-refractivity contribution in [2.24, 2.45) is 7.05 Å². The van der Waals surface area contributed by atoms with Crippen LogP contribution in [0.25, 0.3) is 0 Å². The van der Waals surface area contributed by atoms with Crippen LogP contribution in [0.15, 0.2) is 24.9 Å². The van der Waals surface area contributed by atoms with Gasteiger partial charge in [-0.05, 0) is 26.2 Å². The summed E-state index contributed by atoms with van der Waals surface area (Å²) in [6, 6.07) is 0. The first-order chi connectivity index (χ1) is 11.1. The molecule has 122 valence electrons. The van der Waals surface area contributed by atoms with Crippen LogP contribution in [0.5, 0.6) is 0 Å². The molecule has 1 aliphatic rings. The number of ether oxygens (including phenoxy) is 1. The summed E-state index contributed by atoms with van der Waals surface area (Å²) in [5, 5.41) is 2.81. The fourth-order valence-electron chi connectivity index (χ4n) is 2.63. The number of hydrogen-bond donors (Lipinski definition) is 1. The van der Waals surface area contributed by atoms with E-state index in [1.165, 1.54) is 0 Å². The van der Waals surface area contributed by atoms with Crippen molar-refractivity contribution in [1.82, 2.24) is 24.8 Å². The molecule has 0 saturated carbocycles. The molecule has 3 rings (SSSR count). The van der Waals surface area contributed by atoms with Gasteiger partial charge in [-0.3, -0.25) is 4.79 Å². The molecule has 1 fully saturated rings. The van der Waals surface area contributed by atoms with Crippen molar-refractivity contribution in [2.75, 3.05) is 6.61 Å². The number of carbonyl (C=O) groups is 1. The molecule has 0 aliphatic carbocycles. The Morgan fingerprint density at radius 3 is 2.74 bits per heavy atom. The summed E-state index contributed by atoms with van der Waals surface area (Å²) in [5.41, 5.74) is 0.846. The van der Waals surface area contributed by atoms with Crippen molar-refractivity contribution in [2.45, 2.75) is 38.3 Å². The maximum Gasteiger partial charge on any atom is 0.271 e. The number of amides is 1. The molecule has 3 heterocycles. The average molecular weight is 315 g/mol. The molecule has 7 heteroatoms. The van der Waals surface area contributed by atoms with Gasteiger partial charge in [-0.2, -0.15) is 0 Å². The van der Waals surface area contributed by atoms with Gasteiger partial charge in [-0.25, -0.2) is 15.0 Å². The second-order valence-corrected chi connectivity index (χ2v) is 6.06. The minimum absolute atomic E-state index is 0.211. The molecule has 1 N–H and O–H groups in total. The predicted molar refractivity (Wildman–Crippen MR) is 83.6 cm³/mol. The van der Waals surface area contributed by atoms with E-state index >= 15 is 0 Å². The van der Waals surface area contributed by atoms with Crippen LogP contribution < -0.4 is 5.32 Å². The number of aromatic nitrogens is 4. The normalized spacial score (nSPS) is 21.1. The van der Waals surface area contributed by atoms with Gasteiger partial charge in [0.1, 0.15) is 11.3 Å². The Kier molecular flexibility index (Phi) is 4.38. The van der Waals surface area contributed by atoms with E-state index in [9.17, 15) is 4.79 Å². The Morgan fingerprint density at radius 2 is 2.13 bits per heavy atom. The molecule has 1 aliphatic heterocycles. The fraction of sp³-hybridized carbons (Fsp3) is 0.500. The van der Waals surface area contributed by atoms with E-state index in [2.05, 4.69) is 20.3 Å². The minimum atomic E-state index is -0.395. The Hall–Kier alpha value is -2.28. The number of nitrogens with one attached hydrogen (secondary N) is 1. The Bertz CT molecular complexity index is 674. The van der Waals surface area contributed by atoms with Crippen molar-refractivity contribution >= 4 is 5.91 Å². The lowest BCUT2D eigenvalue weighted by molar-refractivity contribution is -0.0760. The molecular weight excluding hydrogens is 294 g/mol. The first-order valence-corrected chi connectivity index (χ1v) is 7.78. The highest BCUT2D eigenvalue weighted by molar-refractivity contribution is 5.91. The number of nitrogens with zero attached hydrogens (tertiary/aromatic N) is 4. The molecule has 23 heavy (non-hydrogen) atoms. The first kappa shape index (κ1) is 15.6. The molecule has 0 radical (unpaired) electrons. The number of rotatable bonds is 4. The number of imidazole rings is 1. The highest BCUT2D eigenvalue weighted by Gasteiger charge is 2.32. The smallest absolute Gasteiger partial charge is 0.271 e. The summed E-state index contributed by atoms with van der Waals surface area (Å²) in [7, 11) is 1.82. The SMILES string of the molecule is Cn1cnc(C(=O)NCc2cnc([C@]3(C)CCCCO3)nc2)c1. The second kappa shape index (κ2) is 6.45. The molecule has 1 amide bonds. The maximum absolute atomic E-state index is 11.9. The van der Waals surface area contributed by atoms with Crippen molar-refractivity contribution in [3.8, 4) is 0 Å². The van der Waals surface area contributed by atoms with Gasteiger partial charge < -0.3 is 14.6 Å². The zero-order chi connectivity index (χ0) is 16.3. The van der Waals surface area contributed by atoms with Crippen molar-refractivity contribution in [3.05, 3.63) is 42.0 Å². The summed E-state index contributed by atoms with van der Waals surface area (Å²) in [6.45, 7) is 3.15. The number of hydrogen-bond acceptors (Lipinski definition) is 5. The molecule has 0 aromatic carbocycles. The standard InChI is InChI=1S/C16H21N5O2/c1-16(5-3-4-6-23-16)15-18-8-12(9-19-15)7-17-14(22)13-10-21(2)11-20-13/h8-11H,3-7H2,1-2H3,(H,17,22)/t16-/m0/s1. The average Bonchev–Trinajstić information content (AvgIpc) is 3.00. The van der Waals surface area contributed by atoms with Gasteiger partial charge >= 0.3 is 0 Å². The van der Waals surface area contributed by atoms with Gasteiger partial charge in [0, 0.05) is 44.4 Å². The van der Waals surface area contributed by atoms with Gasteiger partial charge in [0.05, 0.1) is 6.33 Å². The second-order valence-electron chi connectivity index (χ2n) is 6.06. The van der Waals surface area contributed by atoms with Crippen molar-refractivity contribution in [1.29, 1.82) is 0 Å². The van der Waals surface area contributed by atoms with Crippen LogP contribution >= 0.6 is 0 Å². The molecule has 2 aromatic rings. The van der Waals surface area contributed by atoms with Gasteiger partial charge in [0.2, 0.25) is 0 Å². The Balaban J connectivity index is 1.60. The van der Waals surface area contributed by atoms with Crippen LogP contribution in [-0.2, 0) is 23.9 Å². The zero-order valence-corrected chi connectivity index (χ0v) is 13.5. The predicted octanol–water partition coefficient (Wildman–Crippen LogP) is 1.56. The summed E-state index contributed by atoms with van der Waals surface area (Å²) in [4.78, 5) is 24.8. The third-order valence-electron chi connectivity index (χ3n) is 4.04. The zero-order valence-electron chi connectivity index (χ0n) is 13.5. The molecular formula is C16H21N5O2. The van der Waals surface area contributed by atoms with Crippen LogP contribution in [0.4, 0.5) is 0 Å². The maximum atomic E-state index is 11.9. The van der Waals surface area contributed by atoms with E-state index in [-0.39, 0.29) is 5.91 Å². The molecule has 0 bridgehead atoms. The monoisotopic (exact) mass is 315 g/mol. The lowest BCUT2D eigenvalue weighted by Crippen LogP contribution is -2.32. The van der Waals surface area contributed by atoms with Gasteiger partial charge in [0.15, 0.2) is 5.82 Å². The van der Waals surface area contributed by atoms with E-state index in [1.54, 1.807) is 29.5 Å². The van der Waals surface area contributed by atoms with Crippen LogP contribution in [0.1, 0.15) is 48.1 Å². The molecule has 2 aromatic heterocycles. The molecule has 1 saturated heterocycles. The Labute approximate surface area is 135 Å². The molecule has 7 nitrogen and oxygen atoms in total. The molecule has 0 spiro atoms. The van der Waals surface area contributed by atoms with E-state index in [0.29, 0.717) is 18.1 Å². The van der Waals surface area contributed by atoms with Crippen LogP contribution in [0.3, 0.4) is 0 Å². The van der Waals surface area contributed by atoms with Crippen LogP contribution in [0, 0.1) is 0 Å². The third kappa shape index (κ3) is 3.56. The van der Waals surface area contributed by atoms with E-state index in [4.69, 9.17) is 4.74 Å². The van der Waals surface area contributed by atoms with Crippen molar-refractivity contribution < 1.29 is 9.53 Å². The van der Waals surface area contributed by atoms with Gasteiger partial charge in [-0.1, -0.05) is 0 Å². The van der Waals surface area contributed by atoms with E-state index in [0.717, 1.165) is 31.4 Å². The molecule has 0 unspecified atom stereocenters. The van der Waals surface area contributed by atoms with Gasteiger partial charge in [0.25, 0.3) is 5.91 Å². The summed E-state index contributed by atoms with van der Waals surface area (Å²) < 4.78 is 7.58. The summed E-state index contributed by atoms with van der Waals surface area (Å²) >= 11 is 0. The lowest BCUT2D eigenvalue weighted by atomic mass is 9.95. The summed E-state index contributed by atoms with van der Waals surface area (Å²) in [5.74, 6) is 0.495.